The van der Waals surface area contributed by atoms with Crippen LogP contribution in [-0.4, -0.2) is 54.0 Å². The third kappa shape index (κ3) is 7.50. The molecule has 0 unspecified atom stereocenters. The number of alkyl halides is 2. The Morgan fingerprint density at radius 2 is 1.55 bits per heavy atom. The number of hydrogen-bond donors (Lipinski definition) is 0. The molecule has 0 aliphatic carbocycles. The number of rotatable bonds is 2. The first-order valence-electron chi connectivity index (χ1n) is 8.50. The summed E-state index contributed by atoms with van der Waals surface area (Å²) in [5.41, 5.74) is 0. The number of nitrogens with zero attached hydrogens (tertiary/aromatic N) is 2. The van der Waals surface area contributed by atoms with Crippen LogP contribution in [0.3, 0.4) is 0 Å². The van der Waals surface area contributed by atoms with Gasteiger partial charge in [0.25, 0.3) is 5.92 Å². The van der Waals surface area contributed by atoms with Crippen LogP contribution in [0, 0.1) is 0 Å². The van der Waals surface area contributed by atoms with Crippen LogP contribution in [0.1, 0.15) is 47.0 Å². The molecule has 0 saturated heterocycles. The molecule has 0 saturated carbocycles. The lowest BCUT2D eigenvalue weighted by Gasteiger charge is -2.27. The molecule has 2 rings (SSSR count). The molecule has 0 aromatic rings. The summed E-state index contributed by atoms with van der Waals surface area (Å²) in [6.07, 6.45) is 10.5. The molecule has 0 amide bonds. The molecule has 0 aromatic heterocycles. The van der Waals surface area contributed by atoms with Gasteiger partial charge in [-0.1, -0.05) is 18.2 Å². The van der Waals surface area contributed by atoms with E-state index in [0.29, 0.717) is 6.04 Å². The first kappa shape index (κ1) is 19.3. The van der Waals surface area contributed by atoms with Gasteiger partial charge >= 0.3 is 0 Å². The van der Waals surface area contributed by atoms with Crippen molar-refractivity contribution in [2.75, 3.05) is 26.2 Å². The van der Waals surface area contributed by atoms with E-state index in [2.05, 4.69) is 30.9 Å². The molecule has 0 atom stereocenters. The zero-order chi connectivity index (χ0) is 16.6. The average Bonchev–Trinajstić information content (AvgIpc) is 2.79. The van der Waals surface area contributed by atoms with Crippen molar-refractivity contribution in [3.05, 3.63) is 24.3 Å². The van der Waals surface area contributed by atoms with Gasteiger partial charge in [-0.25, -0.2) is 8.78 Å². The average molecular weight is 314 g/mol. The fraction of sp³-hybridized carbons (Fsp3) is 0.778. The van der Waals surface area contributed by atoms with Gasteiger partial charge in [-0.05, 0) is 59.6 Å². The molecular weight excluding hydrogens is 282 g/mol. The highest BCUT2D eigenvalue weighted by atomic mass is 19.3. The summed E-state index contributed by atoms with van der Waals surface area (Å²) in [7, 11) is 0. The third-order valence-corrected chi connectivity index (χ3v) is 4.14. The summed E-state index contributed by atoms with van der Waals surface area (Å²) in [4.78, 5) is 4.31. The smallest absolute Gasteiger partial charge is 0.278 e. The van der Waals surface area contributed by atoms with E-state index in [1.807, 2.05) is 13.8 Å². The van der Waals surface area contributed by atoms with Gasteiger partial charge < -0.3 is 0 Å². The molecule has 0 aromatic carbocycles. The third-order valence-electron chi connectivity index (χ3n) is 4.14. The molecule has 2 heterocycles. The Kier molecular flexibility index (Phi) is 8.26. The number of hydrogen-bond acceptors (Lipinski definition) is 2. The van der Waals surface area contributed by atoms with Crippen LogP contribution in [0.4, 0.5) is 8.78 Å². The topological polar surface area (TPSA) is 6.48 Å². The van der Waals surface area contributed by atoms with Gasteiger partial charge in [-0.2, -0.15) is 0 Å². The van der Waals surface area contributed by atoms with E-state index in [4.69, 9.17) is 0 Å². The van der Waals surface area contributed by atoms with Crippen molar-refractivity contribution in [1.82, 2.24) is 9.80 Å². The number of halogens is 2. The molecule has 0 spiro atoms. The molecule has 0 N–H and O–H groups in total. The van der Waals surface area contributed by atoms with Crippen molar-refractivity contribution < 1.29 is 8.78 Å². The largest absolute Gasteiger partial charge is 0.297 e. The Bertz CT molecular complexity index is 362. The Morgan fingerprint density at radius 3 is 2.18 bits per heavy atom. The van der Waals surface area contributed by atoms with E-state index >= 15 is 0 Å². The second-order valence-electron chi connectivity index (χ2n) is 6.72. The molecule has 0 fully saturated rings. The lowest BCUT2D eigenvalue weighted by Crippen LogP contribution is -2.39. The molecule has 0 bridgehead atoms. The van der Waals surface area contributed by atoms with Gasteiger partial charge in [0.2, 0.25) is 0 Å². The molecule has 22 heavy (non-hydrogen) atoms. The quantitative estimate of drug-likeness (QED) is 0.700. The lowest BCUT2D eigenvalue weighted by atomic mass is 10.2. The minimum atomic E-state index is -2.64. The van der Waals surface area contributed by atoms with Crippen LogP contribution in [-0.2, 0) is 0 Å². The van der Waals surface area contributed by atoms with Crippen molar-refractivity contribution in [2.45, 2.75) is 65.0 Å². The zero-order valence-electron chi connectivity index (χ0n) is 14.6. The molecule has 0 radical (unpaired) electrons. The lowest BCUT2D eigenvalue weighted by molar-refractivity contribution is 0.00869. The Hall–Kier alpha value is -0.740. The van der Waals surface area contributed by atoms with Crippen LogP contribution < -0.4 is 0 Å². The molecule has 4 heteroatoms. The normalized spacial score (nSPS) is 23.1. The molecule has 2 aliphatic heterocycles. The van der Waals surface area contributed by atoms with Gasteiger partial charge in [0.1, 0.15) is 0 Å². The van der Waals surface area contributed by atoms with Crippen molar-refractivity contribution in [3.8, 4) is 0 Å². The predicted molar refractivity (Wildman–Crippen MR) is 90.5 cm³/mol. The van der Waals surface area contributed by atoms with Gasteiger partial charge in [0.05, 0.1) is 6.54 Å². The standard InChI is InChI=1S/C9H15F2N.C9H17N/c1-8(2)12-6-4-3-5-9(10,11)7-12;1-9(2)10-7-5-3-4-6-8-10/h3,5,8H,4,6-7H2,1-2H3;3,5,9H,4,6-8H2,1-2H3. The summed E-state index contributed by atoms with van der Waals surface area (Å²) < 4.78 is 25.9. The van der Waals surface area contributed by atoms with Crippen LogP contribution in [0.15, 0.2) is 24.3 Å². The van der Waals surface area contributed by atoms with Gasteiger partial charge in [-0.15, -0.1) is 0 Å². The van der Waals surface area contributed by atoms with Crippen molar-refractivity contribution in [3.63, 3.8) is 0 Å². The van der Waals surface area contributed by atoms with E-state index in [1.165, 1.54) is 19.4 Å². The summed E-state index contributed by atoms with van der Waals surface area (Å²) >= 11 is 0. The second-order valence-corrected chi connectivity index (χ2v) is 6.72. The Morgan fingerprint density at radius 1 is 0.864 bits per heavy atom. The highest BCUT2D eigenvalue weighted by Crippen LogP contribution is 2.21. The maximum atomic E-state index is 12.9. The minimum absolute atomic E-state index is 0.138. The van der Waals surface area contributed by atoms with Crippen molar-refractivity contribution in [1.29, 1.82) is 0 Å². The fourth-order valence-electron chi connectivity index (χ4n) is 2.64. The van der Waals surface area contributed by atoms with Crippen LogP contribution in [0.5, 0.6) is 0 Å². The second kappa shape index (κ2) is 9.41. The molecule has 2 nitrogen and oxygen atoms in total. The van der Waals surface area contributed by atoms with E-state index in [0.717, 1.165) is 25.6 Å². The molecule has 2 aliphatic rings. The fourth-order valence-corrected chi connectivity index (χ4v) is 2.64. The first-order valence-corrected chi connectivity index (χ1v) is 8.50. The molecule has 128 valence electrons. The van der Waals surface area contributed by atoms with Crippen LogP contribution in [0.25, 0.3) is 0 Å². The summed E-state index contributed by atoms with van der Waals surface area (Å²) in [6, 6.07) is 0.915. The predicted octanol–water partition coefficient (Wildman–Crippen LogP) is 4.34. The summed E-state index contributed by atoms with van der Waals surface area (Å²) in [6.45, 7) is 11.4. The minimum Gasteiger partial charge on any atom is -0.297 e. The molecular formula is C18H32F2N2. The maximum Gasteiger partial charge on any atom is 0.278 e. The van der Waals surface area contributed by atoms with E-state index in [-0.39, 0.29) is 12.6 Å². The van der Waals surface area contributed by atoms with Crippen molar-refractivity contribution >= 4 is 0 Å². The van der Waals surface area contributed by atoms with Gasteiger partial charge in [0.15, 0.2) is 0 Å². The van der Waals surface area contributed by atoms with E-state index < -0.39 is 5.92 Å². The summed E-state index contributed by atoms with van der Waals surface area (Å²) in [5.74, 6) is -2.64. The zero-order valence-corrected chi connectivity index (χ0v) is 14.6. The maximum absolute atomic E-state index is 12.9. The van der Waals surface area contributed by atoms with E-state index in [1.54, 1.807) is 11.0 Å². The van der Waals surface area contributed by atoms with E-state index in [9.17, 15) is 8.78 Å². The first-order chi connectivity index (χ1) is 10.3. The van der Waals surface area contributed by atoms with Crippen molar-refractivity contribution in [2.24, 2.45) is 0 Å². The van der Waals surface area contributed by atoms with Crippen LogP contribution >= 0.6 is 0 Å². The van der Waals surface area contributed by atoms with Gasteiger partial charge in [0, 0.05) is 25.2 Å². The SMILES string of the molecule is CC(C)N1CC=CCCC1.CC(C)N1CCC=CC(F)(F)C1. The number of allylic oxidation sites excluding steroid dienone is 1. The monoisotopic (exact) mass is 314 g/mol. The Labute approximate surface area is 134 Å². The van der Waals surface area contributed by atoms with Gasteiger partial charge in [-0.3, -0.25) is 9.80 Å². The summed E-state index contributed by atoms with van der Waals surface area (Å²) in [5, 5.41) is 0. The highest BCUT2D eigenvalue weighted by molar-refractivity contribution is 5.00. The Balaban J connectivity index is 0.000000224. The van der Waals surface area contributed by atoms with Crippen LogP contribution in [0.2, 0.25) is 0 Å². The highest BCUT2D eigenvalue weighted by Gasteiger charge is 2.30.